The highest BCUT2D eigenvalue weighted by molar-refractivity contribution is 7.85. The minimum absolute atomic E-state index is 0.171. The van der Waals surface area contributed by atoms with Crippen LogP contribution in [0.1, 0.15) is 0 Å². The zero-order valence-electron chi connectivity index (χ0n) is 19.7. The molecule has 0 radical (unpaired) electrons. The van der Waals surface area contributed by atoms with E-state index in [9.17, 15) is 44.0 Å². The average Bonchev–Trinajstić information content (AvgIpc) is 2.73. The summed E-state index contributed by atoms with van der Waals surface area (Å²) in [7, 11) is -7.33. The SMILES string of the molecule is CS(=O)(=O)O.CS(=O)(=O)O.NNCC(=O)Nc1cccc(F)c1F.NNCC(=O)Nc1cccc(F)c1F. The normalized spacial score (nSPS) is 10.4. The van der Waals surface area contributed by atoms with Crippen molar-refractivity contribution < 1.29 is 53.1 Å². The zero-order chi connectivity index (χ0) is 30.1. The standard InChI is InChI=1S/2C8H9F2N3O.2CH4O3S/c2*9-5-2-1-3-6(8(5)10)13-7(14)4-12-11;2*1-5(2,3)4/h2*1-3,12H,4,11H2,(H,13,14);2*1H3,(H,2,3,4). The Hall–Kier alpha value is -3.24. The lowest BCUT2D eigenvalue weighted by Gasteiger charge is -2.05. The molecule has 0 saturated heterocycles. The molecule has 0 unspecified atom stereocenters. The summed E-state index contributed by atoms with van der Waals surface area (Å²) in [6.07, 6.45) is 1.43. The van der Waals surface area contributed by atoms with E-state index < -0.39 is 55.3 Å². The van der Waals surface area contributed by atoms with Crippen molar-refractivity contribution in [1.29, 1.82) is 0 Å². The Morgan fingerprint density at radius 3 is 1.21 bits per heavy atom. The first kappa shape index (κ1) is 36.9. The molecule has 0 aliphatic carbocycles. The van der Waals surface area contributed by atoms with E-state index >= 15 is 0 Å². The predicted molar refractivity (Wildman–Crippen MR) is 129 cm³/mol. The van der Waals surface area contributed by atoms with Gasteiger partial charge in [0.2, 0.25) is 11.8 Å². The number of halogens is 4. The second-order valence-corrected chi connectivity index (χ2v) is 9.46. The van der Waals surface area contributed by atoms with Gasteiger partial charge in [-0.15, -0.1) is 0 Å². The summed E-state index contributed by atoms with van der Waals surface area (Å²) in [5.41, 5.74) is 3.78. The van der Waals surface area contributed by atoms with Crippen molar-refractivity contribution in [3.05, 3.63) is 59.7 Å². The van der Waals surface area contributed by atoms with Gasteiger partial charge in [0.1, 0.15) is 0 Å². The number of benzene rings is 2. The Balaban J connectivity index is 0. The summed E-state index contributed by atoms with van der Waals surface area (Å²) in [4.78, 5) is 21.9. The summed E-state index contributed by atoms with van der Waals surface area (Å²) in [6.45, 7) is -0.341. The van der Waals surface area contributed by atoms with Gasteiger partial charge in [-0.3, -0.25) is 41.2 Å². The number of nitrogens with two attached hydrogens (primary N) is 2. The van der Waals surface area contributed by atoms with Gasteiger partial charge in [0.05, 0.1) is 37.0 Å². The van der Waals surface area contributed by atoms with E-state index in [2.05, 4.69) is 21.5 Å². The van der Waals surface area contributed by atoms with Gasteiger partial charge in [-0.2, -0.15) is 16.8 Å². The van der Waals surface area contributed by atoms with E-state index in [1.165, 1.54) is 24.3 Å². The molecule has 0 aliphatic heterocycles. The Morgan fingerprint density at radius 1 is 0.711 bits per heavy atom. The van der Waals surface area contributed by atoms with Crippen molar-refractivity contribution in [1.82, 2.24) is 10.9 Å². The molecule has 0 aromatic heterocycles. The summed E-state index contributed by atoms with van der Waals surface area (Å²) in [5, 5.41) is 4.31. The Morgan fingerprint density at radius 2 is 0.974 bits per heavy atom. The van der Waals surface area contributed by atoms with Crippen LogP contribution in [0.3, 0.4) is 0 Å². The van der Waals surface area contributed by atoms with Gasteiger partial charge in [-0.1, -0.05) is 12.1 Å². The highest BCUT2D eigenvalue weighted by atomic mass is 32.2. The minimum Gasteiger partial charge on any atom is -0.322 e. The van der Waals surface area contributed by atoms with Crippen LogP contribution < -0.4 is 33.2 Å². The number of hydrazine groups is 2. The minimum atomic E-state index is -3.67. The largest absolute Gasteiger partial charge is 0.322 e. The van der Waals surface area contributed by atoms with Gasteiger partial charge in [-0.05, 0) is 24.3 Å². The van der Waals surface area contributed by atoms with Crippen molar-refractivity contribution in [3.8, 4) is 0 Å². The lowest BCUT2D eigenvalue weighted by molar-refractivity contribution is -0.116. The van der Waals surface area contributed by atoms with Crippen LogP contribution in [0.4, 0.5) is 28.9 Å². The second-order valence-electron chi connectivity index (χ2n) is 6.53. The number of rotatable bonds is 6. The predicted octanol–water partition coefficient (Wildman–Crippen LogP) is -0.259. The van der Waals surface area contributed by atoms with Crippen LogP contribution in [0.2, 0.25) is 0 Å². The number of carbonyl (C=O) groups is 2. The number of anilines is 2. The molecule has 10 N–H and O–H groups in total. The first-order valence-electron chi connectivity index (χ1n) is 9.49. The Kier molecular flexibility index (Phi) is 17.6. The van der Waals surface area contributed by atoms with E-state index in [0.717, 1.165) is 12.1 Å². The molecule has 38 heavy (non-hydrogen) atoms. The first-order valence-corrected chi connectivity index (χ1v) is 13.2. The van der Waals surface area contributed by atoms with Crippen LogP contribution in [-0.4, -0.2) is 63.4 Å². The highest BCUT2D eigenvalue weighted by Crippen LogP contribution is 2.16. The lowest BCUT2D eigenvalue weighted by atomic mass is 10.3. The summed E-state index contributed by atoms with van der Waals surface area (Å²) >= 11 is 0. The fourth-order valence-electron chi connectivity index (χ4n) is 1.77. The third kappa shape index (κ3) is 22.0. The molecular weight excluding hydrogens is 568 g/mol. The van der Waals surface area contributed by atoms with Crippen LogP contribution in [-0.2, 0) is 29.8 Å². The fraction of sp³-hybridized carbons (Fsp3) is 0.222. The molecule has 14 nitrogen and oxygen atoms in total. The Bertz CT molecular complexity index is 1150. The highest BCUT2D eigenvalue weighted by Gasteiger charge is 2.10. The summed E-state index contributed by atoms with van der Waals surface area (Å²) in [6, 6.07) is 7.03. The quantitative estimate of drug-likeness (QED) is 0.0933. The molecule has 0 aliphatic rings. The van der Waals surface area contributed by atoms with Crippen LogP contribution >= 0.6 is 0 Å². The van der Waals surface area contributed by atoms with E-state index in [0.29, 0.717) is 12.5 Å². The van der Waals surface area contributed by atoms with Crippen molar-refractivity contribution in [3.63, 3.8) is 0 Å². The second kappa shape index (κ2) is 18.1. The van der Waals surface area contributed by atoms with Crippen molar-refractivity contribution >= 4 is 43.4 Å². The fourth-order valence-corrected chi connectivity index (χ4v) is 1.77. The third-order valence-electron chi connectivity index (χ3n) is 2.98. The van der Waals surface area contributed by atoms with Crippen LogP contribution in [0.25, 0.3) is 0 Å². The van der Waals surface area contributed by atoms with Gasteiger partial charge < -0.3 is 10.6 Å². The molecule has 0 heterocycles. The Labute approximate surface area is 215 Å². The molecule has 0 atom stereocenters. The lowest BCUT2D eigenvalue weighted by Crippen LogP contribution is -2.32. The molecule has 2 aromatic carbocycles. The molecule has 0 saturated carbocycles. The van der Waals surface area contributed by atoms with Gasteiger partial charge >= 0.3 is 0 Å². The van der Waals surface area contributed by atoms with Gasteiger partial charge in [0, 0.05) is 0 Å². The van der Waals surface area contributed by atoms with E-state index in [-0.39, 0.29) is 24.5 Å². The topological polar surface area (TPSA) is 243 Å². The molecule has 2 rings (SSSR count). The van der Waals surface area contributed by atoms with Crippen LogP contribution in [0.15, 0.2) is 36.4 Å². The third-order valence-corrected chi connectivity index (χ3v) is 2.98. The van der Waals surface area contributed by atoms with Crippen molar-refractivity contribution in [2.75, 3.05) is 36.2 Å². The maximum Gasteiger partial charge on any atom is 0.261 e. The number of amides is 2. The summed E-state index contributed by atoms with van der Waals surface area (Å²) in [5.74, 6) is 4.46. The molecular formula is C18H26F4N6O8S2. The summed E-state index contributed by atoms with van der Waals surface area (Å²) < 4.78 is 103. The van der Waals surface area contributed by atoms with E-state index in [4.69, 9.17) is 20.8 Å². The zero-order valence-corrected chi connectivity index (χ0v) is 21.3. The van der Waals surface area contributed by atoms with Gasteiger partial charge in [0.25, 0.3) is 20.2 Å². The monoisotopic (exact) mass is 594 g/mol. The van der Waals surface area contributed by atoms with Crippen LogP contribution in [0.5, 0.6) is 0 Å². The first-order chi connectivity index (χ1) is 17.3. The van der Waals surface area contributed by atoms with Crippen LogP contribution in [0, 0.1) is 23.3 Å². The van der Waals surface area contributed by atoms with E-state index in [1.54, 1.807) is 0 Å². The number of carbonyl (C=O) groups excluding carboxylic acids is 2. The molecule has 0 bridgehead atoms. The van der Waals surface area contributed by atoms with Crippen molar-refractivity contribution in [2.45, 2.75) is 0 Å². The maximum absolute atomic E-state index is 13.0. The number of hydrogen-bond donors (Lipinski definition) is 8. The molecule has 216 valence electrons. The molecule has 0 fully saturated rings. The maximum atomic E-state index is 13.0. The van der Waals surface area contributed by atoms with Gasteiger partial charge in [-0.25, -0.2) is 17.6 Å². The molecule has 0 spiro atoms. The average molecular weight is 595 g/mol. The molecule has 2 amide bonds. The number of hydrogen-bond acceptors (Lipinski definition) is 10. The molecule has 20 heteroatoms. The van der Waals surface area contributed by atoms with E-state index in [1.807, 2.05) is 0 Å². The molecule has 2 aromatic rings. The smallest absolute Gasteiger partial charge is 0.261 e. The van der Waals surface area contributed by atoms with Gasteiger partial charge in [0.15, 0.2) is 23.3 Å². The van der Waals surface area contributed by atoms with Crippen molar-refractivity contribution in [2.24, 2.45) is 11.7 Å². The number of nitrogens with one attached hydrogen (secondary N) is 4.